The van der Waals surface area contributed by atoms with E-state index in [9.17, 15) is 4.79 Å². The van der Waals surface area contributed by atoms with E-state index in [1.54, 1.807) is 6.92 Å². The van der Waals surface area contributed by atoms with E-state index in [-0.39, 0.29) is 11.9 Å². The molecule has 1 amide bonds. The number of aryl methyl sites for hydroxylation is 1. The number of carbonyl (C=O) groups is 1. The second kappa shape index (κ2) is 7.09. The van der Waals surface area contributed by atoms with Crippen LogP contribution in [0.15, 0.2) is 12.1 Å². The van der Waals surface area contributed by atoms with Crippen LogP contribution in [0.1, 0.15) is 32.2 Å². The minimum atomic E-state index is -0.545. The number of hydrogen-bond acceptors (Lipinski definition) is 4. The van der Waals surface area contributed by atoms with Crippen LogP contribution in [0, 0.1) is 6.92 Å². The van der Waals surface area contributed by atoms with Gasteiger partial charge in [0.25, 0.3) is 5.91 Å². The van der Waals surface area contributed by atoms with Crippen molar-refractivity contribution < 1.29 is 9.53 Å². The summed E-state index contributed by atoms with van der Waals surface area (Å²) in [6.45, 7) is 8.02. The number of carbonyl (C=O) groups excluding carboxylic acids is 1. The maximum Gasteiger partial charge on any atom is 0.260 e. The molecule has 5 heteroatoms. The number of nitrogens with two attached hydrogens (primary N) is 1. The Balaban J connectivity index is 2.84. The molecule has 1 aromatic rings. The van der Waals surface area contributed by atoms with E-state index in [4.69, 9.17) is 10.5 Å². The predicted molar refractivity (Wildman–Crippen MR) is 75.1 cm³/mol. The Hall–Kier alpha value is -1.62. The molecule has 0 spiro atoms. The largest absolute Gasteiger partial charge is 0.479 e. The smallest absolute Gasteiger partial charge is 0.260 e. The van der Waals surface area contributed by atoms with Gasteiger partial charge >= 0.3 is 0 Å². The predicted octanol–water partition coefficient (Wildman–Crippen LogP) is 1.18. The number of nitrogens with one attached hydrogen (secondary N) is 1. The first-order valence-electron chi connectivity index (χ1n) is 6.60. The first kappa shape index (κ1) is 15.4. The van der Waals surface area contributed by atoms with Gasteiger partial charge in [-0.1, -0.05) is 0 Å². The molecule has 0 saturated heterocycles. The maximum absolute atomic E-state index is 11.7. The zero-order valence-corrected chi connectivity index (χ0v) is 12.1. The highest BCUT2D eigenvalue weighted by atomic mass is 16.5. The maximum atomic E-state index is 11.7. The van der Waals surface area contributed by atoms with Crippen LogP contribution in [0.25, 0.3) is 0 Å². The van der Waals surface area contributed by atoms with Crippen LogP contribution in [0.2, 0.25) is 0 Å². The number of nitrogens with zero attached hydrogens (tertiary/aromatic N) is 1. The monoisotopic (exact) mass is 265 g/mol. The fourth-order valence-electron chi connectivity index (χ4n) is 1.72. The molecular weight excluding hydrogens is 242 g/mol. The van der Waals surface area contributed by atoms with Crippen LogP contribution in [0.4, 0.5) is 0 Å². The van der Waals surface area contributed by atoms with Gasteiger partial charge in [-0.15, -0.1) is 0 Å². The molecule has 2 atom stereocenters. The summed E-state index contributed by atoms with van der Waals surface area (Å²) in [5.74, 6) is 0.497. The number of amides is 1. The molecular formula is C14H23N3O2. The van der Waals surface area contributed by atoms with Crippen molar-refractivity contribution in [1.82, 2.24) is 10.3 Å². The number of pyridine rings is 1. The second-order valence-electron chi connectivity index (χ2n) is 4.73. The summed E-state index contributed by atoms with van der Waals surface area (Å²) in [6, 6.07) is 3.71. The molecule has 1 rings (SSSR count). The van der Waals surface area contributed by atoms with Crippen molar-refractivity contribution in [2.45, 2.75) is 46.3 Å². The quantitative estimate of drug-likeness (QED) is 0.810. The van der Waals surface area contributed by atoms with Gasteiger partial charge in [-0.05, 0) is 39.8 Å². The first-order valence-corrected chi connectivity index (χ1v) is 6.60. The normalized spacial score (nSPS) is 13.7. The molecule has 0 fully saturated rings. The van der Waals surface area contributed by atoms with Crippen LogP contribution in [-0.4, -0.2) is 29.6 Å². The van der Waals surface area contributed by atoms with Gasteiger partial charge in [0.05, 0.1) is 5.69 Å². The molecule has 106 valence electrons. The van der Waals surface area contributed by atoms with Crippen LogP contribution < -0.4 is 15.8 Å². The molecule has 0 aliphatic heterocycles. The van der Waals surface area contributed by atoms with Gasteiger partial charge in [0, 0.05) is 24.7 Å². The molecule has 0 aliphatic carbocycles. The topological polar surface area (TPSA) is 77.2 Å². The number of hydrogen-bond donors (Lipinski definition) is 2. The van der Waals surface area contributed by atoms with Gasteiger partial charge in [0.15, 0.2) is 6.10 Å². The summed E-state index contributed by atoms with van der Waals surface area (Å²) >= 11 is 0. The Labute approximate surface area is 114 Å². The van der Waals surface area contributed by atoms with E-state index in [1.807, 2.05) is 32.9 Å². The third-order valence-corrected chi connectivity index (χ3v) is 2.61. The summed E-state index contributed by atoms with van der Waals surface area (Å²) in [5.41, 5.74) is 7.52. The van der Waals surface area contributed by atoms with Crippen LogP contribution >= 0.6 is 0 Å². The molecule has 0 aliphatic rings. The molecule has 2 unspecified atom stereocenters. The molecule has 0 bridgehead atoms. The SMILES string of the molecule is CCNC(=O)C(C)Oc1ccc(C)nc1CC(C)N. The van der Waals surface area contributed by atoms with Crippen molar-refractivity contribution in [2.24, 2.45) is 5.73 Å². The fourth-order valence-corrected chi connectivity index (χ4v) is 1.72. The van der Waals surface area contributed by atoms with Crippen LogP contribution in [0.5, 0.6) is 5.75 Å². The van der Waals surface area contributed by atoms with E-state index < -0.39 is 6.10 Å². The van der Waals surface area contributed by atoms with E-state index >= 15 is 0 Å². The van der Waals surface area contributed by atoms with Gasteiger partial charge in [-0.25, -0.2) is 0 Å². The number of ether oxygens (including phenoxy) is 1. The van der Waals surface area contributed by atoms with Gasteiger partial charge in [0.1, 0.15) is 5.75 Å². The minimum absolute atomic E-state index is 0.00331. The molecule has 0 saturated carbocycles. The number of aromatic nitrogens is 1. The van der Waals surface area contributed by atoms with Gasteiger partial charge in [0.2, 0.25) is 0 Å². The van der Waals surface area contributed by atoms with Crippen molar-refractivity contribution in [3.05, 3.63) is 23.5 Å². The summed E-state index contributed by atoms with van der Waals surface area (Å²) in [6.07, 6.45) is 0.0790. The minimum Gasteiger partial charge on any atom is -0.479 e. The van der Waals surface area contributed by atoms with Gasteiger partial charge in [-0.3, -0.25) is 9.78 Å². The van der Waals surface area contributed by atoms with E-state index in [1.165, 1.54) is 0 Å². The Morgan fingerprint density at radius 3 is 2.74 bits per heavy atom. The van der Waals surface area contributed by atoms with Crippen molar-refractivity contribution >= 4 is 5.91 Å². The van der Waals surface area contributed by atoms with Crippen molar-refractivity contribution in [3.8, 4) is 5.75 Å². The second-order valence-corrected chi connectivity index (χ2v) is 4.73. The highest BCUT2D eigenvalue weighted by molar-refractivity contribution is 5.80. The zero-order chi connectivity index (χ0) is 14.4. The fraction of sp³-hybridized carbons (Fsp3) is 0.571. The number of rotatable bonds is 6. The summed E-state index contributed by atoms with van der Waals surface area (Å²) < 4.78 is 5.69. The van der Waals surface area contributed by atoms with Gasteiger partial charge in [-0.2, -0.15) is 0 Å². The molecule has 3 N–H and O–H groups in total. The summed E-state index contributed by atoms with van der Waals surface area (Å²) in [4.78, 5) is 16.1. The zero-order valence-electron chi connectivity index (χ0n) is 12.1. The van der Waals surface area contributed by atoms with Crippen molar-refractivity contribution in [3.63, 3.8) is 0 Å². The molecule has 1 aromatic heterocycles. The highest BCUT2D eigenvalue weighted by Gasteiger charge is 2.16. The van der Waals surface area contributed by atoms with Crippen molar-refractivity contribution in [2.75, 3.05) is 6.54 Å². The molecule has 0 radical (unpaired) electrons. The third-order valence-electron chi connectivity index (χ3n) is 2.61. The lowest BCUT2D eigenvalue weighted by Crippen LogP contribution is -2.36. The van der Waals surface area contributed by atoms with Gasteiger partial charge < -0.3 is 15.8 Å². The molecule has 19 heavy (non-hydrogen) atoms. The Kier molecular flexibility index (Phi) is 5.76. The van der Waals surface area contributed by atoms with E-state index in [0.29, 0.717) is 18.7 Å². The number of likely N-dealkylation sites (N-methyl/N-ethyl adjacent to an activating group) is 1. The average molecular weight is 265 g/mol. The van der Waals surface area contributed by atoms with E-state index in [0.717, 1.165) is 11.4 Å². The Morgan fingerprint density at radius 2 is 2.16 bits per heavy atom. The lowest BCUT2D eigenvalue weighted by atomic mass is 10.1. The summed E-state index contributed by atoms with van der Waals surface area (Å²) in [5, 5.41) is 2.73. The van der Waals surface area contributed by atoms with Crippen LogP contribution in [-0.2, 0) is 11.2 Å². The molecule has 5 nitrogen and oxygen atoms in total. The highest BCUT2D eigenvalue weighted by Crippen LogP contribution is 2.19. The lowest BCUT2D eigenvalue weighted by molar-refractivity contribution is -0.127. The lowest BCUT2D eigenvalue weighted by Gasteiger charge is -2.17. The third kappa shape index (κ3) is 4.87. The Morgan fingerprint density at radius 1 is 1.47 bits per heavy atom. The van der Waals surface area contributed by atoms with Crippen molar-refractivity contribution in [1.29, 1.82) is 0 Å². The first-order chi connectivity index (χ1) is 8.93. The Bertz CT molecular complexity index is 433. The molecule has 0 aromatic carbocycles. The average Bonchev–Trinajstić information content (AvgIpc) is 2.32. The summed E-state index contributed by atoms with van der Waals surface area (Å²) in [7, 11) is 0. The van der Waals surface area contributed by atoms with Crippen LogP contribution in [0.3, 0.4) is 0 Å². The standard InChI is InChI=1S/C14H23N3O2/c1-5-16-14(18)11(4)19-13-7-6-10(3)17-12(13)8-9(2)15/h6-7,9,11H,5,8,15H2,1-4H3,(H,16,18). The van der Waals surface area contributed by atoms with E-state index in [2.05, 4.69) is 10.3 Å². The molecule has 1 heterocycles.